The second-order valence-corrected chi connectivity index (χ2v) is 4.33. The Morgan fingerprint density at radius 2 is 2.06 bits per heavy atom. The van der Waals surface area contributed by atoms with Crippen molar-refractivity contribution in [2.75, 3.05) is 5.32 Å². The second kappa shape index (κ2) is 4.36. The lowest BCUT2D eigenvalue weighted by atomic mass is 10.2. The van der Waals surface area contributed by atoms with E-state index in [9.17, 15) is 0 Å². The fourth-order valence-corrected chi connectivity index (χ4v) is 1.83. The van der Waals surface area contributed by atoms with Crippen LogP contribution in [0.25, 0.3) is 0 Å². The number of hydrogen-bond acceptors (Lipinski definition) is 2. The van der Waals surface area contributed by atoms with Gasteiger partial charge in [0.1, 0.15) is 0 Å². The zero-order chi connectivity index (χ0) is 11.7. The van der Waals surface area contributed by atoms with Crippen LogP contribution in [0.2, 0.25) is 10.0 Å². The predicted octanol–water partition coefficient (Wildman–Crippen LogP) is 3.78. The first kappa shape index (κ1) is 11.3. The van der Waals surface area contributed by atoms with Gasteiger partial charge in [0.05, 0.1) is 15.7 Å². The minimum absolute atomic E-state index is 0.582. The molecular formula is C11H11Cl2N3. The van der Waals surface area contributed by atoms with Crippen molar-refractivity contribution in [2.45, 2.75) is 6.92 Å². The monoisotopic (exact) mass is 255 g/mol. The van der Waals surface area contributed by atoms with E-state index in [0.29, 0.717) is 21.7 Å². The largest absolute Gasteiger partial charge is 0.323 e. The average Bonchev–Trinajstić information content (AvgIpc) is 2.65. The summed E-state index contributed by atoms with van der Waals surface area (Å²) in [4.78, 5) is 4.16. The highest BCUT2D eigenvalue weighted by Gasteiger charge is 2.10. The number of imidazole rings is 1. The maximum absolute atomic E-state index is 6.18. The first-order valence-electron chi connectivity index (χ1n) is 4.78. The van der Waals surface area contributed by atoms with Gasteiger partial charge >= 0.3 is 0 Å². The van der Waals surface area contributed by atoms with Crippen molar-refractivity contribution in [1.29, 1.82) is 0 Å². The zero-order valence-corrected chi connectivity index (χ0v) is 10.5. The fraction of sp³-hybridized carbons (Fsp3) is 0.182. The molecule has 0 unspecified atom stereocenters. The van der Waals surface area contributed by atoms with E-state index < -0.39 is 0 Å². The second-order valence-electron chi connectivity index (χ2n) is 3.54. The van der Waals surface area contributed by atoms with Crippen molar-refractivity contribution in [3.05, 3.63) is 40.1 Å². The summed E-state index contributed by atoms with van der Waals surface area (Å²) in [6.07, 6.45) is 3.56. The molecule has 1 aromatic heterocycles. The SMILES string of the molecule is Cc1ccc(Cl)c(Nc2nccn2C)c1Cl. The van der Waals surface area contributed by atoms with Gasteiger partial charge in [-0.15, -0.1) is 0 Å². The molecular weight excluding hydrogens is 245 g/mol. The lowest BCUT2D eigenvalue weighted by molar-refractivity contribution is 0.924. The summed E-state index contributed by atoms with van der Waals surface area (Å²) < 4.78 is 1.86. The standard InChI is InChI=1S/C11H11Cl2N3/c1-7-3-4-8(12)10(9(7)13)15-11-14-5-6-16(11)2/h3-6H,1-2H3,(H,14,15). The van der Waals surface area contributed by atoms with E-state index >= 15 is 0 Å². The van der Waals surface area contributed by atoms with Crippen molar-refractivity contribution in [3.8, 4) is 0 Å². The highest BCUT2D eigenvalue weighted by Crippen LogP contribution is 2.34. The van der Waals surface area contributed by atoms with Gasteiger partial charge in [-0.3, -0.25) is 0 Å². The molecule has 0 aliphatic rings. The van der Waals surface area contributed by atoms with Crippen LogP contribution in [0.15, 0.2) is 24.5 Å². The van der Waals surface area contributed by atoms with Crippen LogP contribution in [-0.2, 0) is 7.05 Å². The molecule has 0 atom stereocenters. The third-order valence-corrected chi connectivity index (χ3v) is 3.14. The first-order valence-corrected chi connectivity index (χ1v) is 5.54. The highest BCUT2D eigenvalue weighted by molar-refractivity contribution is 6.39. The van der Waals surface area contributed by atoms with Gasteiger partial charge in [0.2, 0.25) is 5.95 Å². The number of hydrogen-bond donors (Lipinski definition) is 1. The molecule has 84 valence electrons. The van der Waals surface area contributed by atoms with E-state index in [4.69, 9.17) is 23.2 Å². The van der Waals surface area contributed by atoms with Crippen molar-refractivity contribution in [3.63, 3.8) is 0 Å². The van der Waals surface area contributed by atoms with Gasteiger partial charge < -0.3 is 9.88 Å². The average molecular weight is 256 g/mol. The van der Waals surface area contributed by atoms with Crippen LogP contribution >= 0.6 is 23.2 Å². The summed E-state index contributed by atoms with van der Waals surface area (Å²) in [7, 11) is 1.90. The quantitative estimate of drug-likeness (QED) is 0.886. The number of aromatic nitrogens is 2. The number of aryl methyl sites for hydroxylation is 2. The number of nitrogens with zero attached hydrogens (tertiary/aromatic N) is 2. The van der Waals surface area contributed by atoms with E-state index in [1.165, 1.54) is 0 Å². The summed E-state index contributed by atoms with van der Waals surface area (Å²) in [5.74, 6) is 0.703. The highest BCUT2D eigenvalue weighted by atomic mass is 35.5. The van der Waals surface area contributed by atoms with Crippen LogP contribution in [-0.4, -0.2) is 9.55 Å². The predicted molar refractivity (Wildman–Crippen MR) is 67.7 cm³/mol. The van der Waals surface area contributed by atoms with Crippen LogP contribution in [0, 0.1) is 6.92 Å². The Hall–Kier alpha value is -1.19. The molecule has 1 aromatic carbocycles. The van der Waals surface area contributed by atoms with Crippen molar-refractivity contribution >= 4 is 34.8 Å². The third-order valence-electron chi connectivity index (χ3n) is 2.34. The van der Waals surface area contributed by atoms with E-state index in [1.54, 1.807) is 6.20 Å². The topological polar surface area (TPSA) is 29.9 Å². The van der Waals surface area contributed by atoms with Gasteiger partial charge in [0.25, 0.3) is 0 Å². The Labute approximate surface area is 104 Å². The van der Waals surface area contributed by atoms with E-state index in [0.717, 1.165) is 5.56 Å². The third kappa shape index (κ3) is 2.01. The van der Waals surface area contributed by atoms with Crippen LogP contribution in [0.1, 0.15) is 5.56 Å². The molecule has 0 saturated carbocycles. The van der Waals surface area contributed by atoms with Crippen LogP contribution in [0.5, 0.6) is 0 Å². The number of benzene rings is 1. The lowest BCUT2D eigenvalue weighted by Crippen LogP contribution is -2.00. The maximum Gasteiger partial charge on any atom is 0.207 e. The van der Waals surface area contributed by atoms with Gasteiger partial charge in [0, 0.05) is 19.4 Å². The summed E-state index contributed by atoms with van der Waals surface area (Å²) in [6.45, 7) is 1.93. The number of anilines is 2. The van der Waals surface area contributed by atoms with Gasteiger partial charge in [0.15, 0.2) is 0 Å². The molecule has 16 heavy (non-hydrogen) atoms. The van der Waals surface area contributed by atoms with Gasteiger partial charge in [-0.25, -0.2) is 4.98 Å². The summed E-state index contributed by atoms with van der Waals surface area (Å²) in [6, 6.07) is 3.70. The molecule has 0 radical (unpaired) electrons. The zero-order valence-electron chi connectivity index (χ0n) is 8.96. The molecule has 0 saturated heterocycles. The molecule has 3 nitrogen and oxygen atoms in total. The number of nitrogens with one attached hydrogen (secondary N) is 1. The Morgan fingerprint density at radius 1 is 1.31 bits per heavy atom. The van der Waals surface area contributed by atoms with Crippen molar-refractivity contribution < 1.29 is 0 Å². The molecule has 2 rings (SSSR count). The molecule has 0 aliphatic carbocycles. The molecule has 0 fully saturated rings. The Morgan fingerprint density at radius 3 is 2.69 bits per heavy atom. The van der Waals surface area contributed by atoms with E-state index in [1.807, 2.05) is 36.9 Å². The van der Waals surface area contributed by atoms with E-state index in [2.05, 4.69) is 10.3 Å². The minimum Gasteiger partial charge on any atom is -0.323 e. The molecule has 1 N–H and O–H groups in total. The van der Waals surface area contributed by atoms with Gasteiger partial charge in [-0.05, 0) is 18.6 Å². The first-order chi connectivity index (χ1) is 7.59. The molecule has 5 heteroatoms. The van der Waals surface area contributed by atoms with E-state index in [-0.39, 0.29) is 0 Å². The normalized spacial score (nSPS) is 10.5. The molecule has 0 amide bonds. The molecule has 0 spiro atoms. The minimum atomic E-state index is 0.582. The molecule has 0 aliphatic heterocycles. The Balaban J connectivity index is 2.42. The van der Waals surface area contributed by atoms with Crippen LogP contribution < -0.4 is 5.32 Å². The van der Waals surface area contributed by atoms with Crippen molar-refractivity contribution in [1.82, 2.24) is 9.55 Å². The van der Waals surface area contributed by atoms with Gasteiger partial charge in [-0.2, -0.15) is 0 Å². The smallest absolute Gasteiger partial charge is 0.207 e. The van der Waals surface area contributed by atoms with Gasteiger partial charge in [-0.1, -0.05) is 29.3 Å². The fourth-order valence-electron chi connectivity index (χ4n) is 1.37. The Bertz CT molecular complexity index is 520. The Kier molecular flexibility index (Phi) is 3.08. The van der Waals surface area contributed by atoms with Crippen LogP contribution in [0.4, 0.5) is 11.6 Å². The summed E-state index contributed by atoms with van der Waals surface area (Å²) in [5.41, 5.74) is 1.67. The van der Waals surface area contributed by atoms with Crippen LogP contribution in [0.3, 0.4) is 0 Å². The maximum atomic E-state index is 6.18. The number of halogens is 2. The summed E-state index contributed by atoms with van der Waals surface area (Å²) in [5, 5.41) is 4.32. The van der Waals surface area contributed by atoms with Crippen molar-refractivity contribution in [2.24, 2.45) is 7.05 Å². The molecule has 1 heterocycles. The lowest BCUT2D eigenvalue weighted by Gasteiger charge is -2.11. The molecule has 0 bridgehead atoms. The summed E-state index contributed by atoms with van der Waals surface area (Å²) >= 11 is 12.3. The molecule has 2 aromatic rings. The number of rotatable bonds is 2.